The highest BCUT2D eigenvalue weighted by atomic mass is 32.3. The van der Waals surface area contributed by atoms with Gasteiger partial charge < -0.3 is 4.74 Å². The van der Waals surface area contributed by atoms with Gasteiger partial charge >= 0.3 is 46.2 Å². The van der Waals surface area contributed by atoms with Crippen molar-refractivity contribution in [2.24, 2.45) is 0 Å². The fraction of sp³-hybridized carbons (Fsp3) is 0.500. The van der Waals surface area contributed by atoms with Crippen LogP contribution in [0.1, 0.15) is 0 Å². The molecule has 0 aliphatic heterocycles. The highest BCUT2D eigenvalue weighted by molar-refractivity contribution is 7.86. The van der Waals surface area contributed by atoms with E-state index in [1.54, 1.807) is 0 Å². The molecule has 0 atom stereocenters. The van der Waals surface area contributed by atoms with Gasteiger partial charge in [-0.1, -0.05) is 0 Å². The Bertz CT molecular complexity index is 872. The molecule has 0 amide bonds. The topological polar surface area (TPSA) is 43.4 Å². The van der Waals surface area contributed by atoms with Gasteiger partial charge in [-0.05, 0) is 24.3 Å². The van der Waals surface area contributed by atoms with Crippen molar-refractivity contribution in [2.75, 3.05) is 0 Å². The minimum atomic E-state index is -8.08. The van der Waals surface area contributed by atoms with E-state index in [1.807, 2.05) is 0 Å². The van der Waals surface area contributed by atoms with E-state index < -0.39 is 56.8 Å². The molecule has 0 bridgehead atoms. The number of halogens is 14. The zero-order valence-electron chi connectivity index (χ0n) is 13.2. The van der Waals surface area contributed by atoms with E-state index in [0.29, 0.717) is 0 Å². The van der Waals surface area contributed by atoms with Crippen LogP contribution in [0, 0.1) is 0 Å². The van der Waals surface area contributed by atoms with Crippen LogP contribution < -0.4 is 4.74 Å². The van der Waals surface area contributed by atoms with E-state index in [-0.39, 0.29) is 24.3 Å². The first-order chi connectivity index (χ1) is 12.9. The third kappa shape index (κ3) is 3.96. The van der Waals surface area contributed by atoms with Crippen LogP contribution in [-0.4, -0.2) is 44.4 Å². The van der Waals surface area contributed by atoms with E-state index in [2.05, 4.69) is 4.74 Å². The van der Waals surface area contributed by atoms with E-state index in [0.717, 1.165) is 0 Å². The van der Waals surface area contributed by atoms with Gasteiger partial charge in [-0.3, -0.25) is 0 Å². The Morgan fingerprint density at radius 2 is 0.967 bits per heavy atom. The average molecular weight is 494 g/mol. The fourth-order valence-electron chi connectivity index (χ4n) is 1.64. The first kappa shape index (κ1) is 26.0. The molecule has 0 aliphatic carbocycles. The minimum Gasteiger partial charge on any atom is -0.428 e. The summed E-state index contributed by atoms with van der Waals surface area (Å²) in [6.07, 6.45) is -14.4. The molecule has 1 aromatic carbocycles. The molecule has 18 heteroatoms. The summed E-state index contributed by atoms with van der Waals surface area (Å²) in [7, 11) is -5.46. The second kappa shape index (κ2) is 7.01. The lowest BCUT2D eigenvalue weighted by molar-refractivity contribution is -0.456. The van der Waals surface area contributed by atoms with Crippen molar-refractivity contribution in [3.05, 3.63) is 24.3 Å². The standard InChI is InChI=1S/C12H4F14O3S/c13-7(14,9(17,18)11(21,22)23)8(15,16)10(19,20)12(24,25)29-5-1-3-6(4-2-5)30(26,27)28/h1-4H. The summed E-state index contributed by atoms with van der Waals surface area (Å²) in [5, 5.41) is 0. The van der Waals surface area contributed by atoms with Gasteiger partial charge in [-0.15, -0.1) is 3.89 Å². The Morgan fingerprint density at radius 1 is 0.600 bits per heavy atom. The molecule has 0 saturated heterocycles. The van der Waals surface area contributed by atoms with Crippen molar-refractivity contribution in [2.45, 2.75) is 40.9 Å². The van der Waals surface area contributed by atoms with Crippen molar-refractivity contribution >= 4 is 10.2 Å². The van der Waals surface area contributed by atoms with Crippen LogP contribution in [0.5, 0.6) is 5.75 Å². The van der Waals surface area contributed by atoms with E-state index in [4.69, 9.17) is 0 Å². The third-order valence-electron chi connectivity index (χ3n) is 3.26. The maximum Gasteiger partial charge on any atom is 0.471 e. The Balaban J connectivity index is 3.38. The average Bonchev–Trinajstić information content (AvgIpc) is 2.52. The van der Waals surface area contributed by atoms with E-state index in [1.165, 1.54) is 0 Å². The van der Waals surface area contributed by atoms with Gasteiger partial charge in [0.2, 0.25) is 0 Å². The summed E-state index contributed by atoms with van der Waals surface area (Å²) in [5.41, 5.74) is 0. The van der Waals surface area contributed by atoms with Crippen LogP contribution in [-0.2, 0) is 10.2 Å². The van der Waals surface area contributed by atoms with E-state index in [9.17, 15) is 69.4 Å². The predicted octanol–water partition coefficient (Wildman–Crippen LogP) is 5.42. The zero-order valence-corrected chi connectivity index (χ0v) is 14.1. The molecule has 1 aromatic rings. The van der Waals surface area contributed by atoms with Crippen molar-refractivity contribution in [1.29, 1.82) is 0 Å². The molecule has 1 rings (SSSR count). The molecule has 174 valence electrons. The second-order valence-electron chi connectivity index (χ2n) is 5.32. The van der Waals surface area contributed by atoms with Crippen LogP contribution >= 0.6 is 0 Å². The van der Waals surface area contributed by atoms with Crippen LogP contribution in [0.25, 0.3) is 0 Å². The van der Waals surface area contributed by atoms with Crippen LogP contribution in [0.2, 0.25) is 0 Å². The quantitative estimate of drug-likeness (QED) is 0.376. The summed E-state index contributed by atoms with van der Waals surface area (Å²) in [6, 6.07) is 0.000987. The fourth-order valence-corrected chi connectivity index (χ4v) is 2.10. The van der Waals surface area contributed by atoms with Crippen LogP contribution in [0.3, 0.4) is 0 Å². The van der Waals surface area contributed by atoms with Gasteiger partial charge in [0.1, 0.15) is 5.75 Å². The number of ether oxygens (including phenoxy) is 1. The molecule has 0 unspecified atom stereocenters. The van der Waals surface area contributed by atoms with Gasteiger partial charge in [0, 0.05) is 0 Å². The lowest BCUT2D eigenvalue weighted by atomic mass is 9.97. The lowest BCUT2D eigenvalue weighted by Crippen LogP contribution is -2.70. The first-order valence-electron chi connectivity index (χ1n) is 6.63. The maximum absolute atomic E-state index is 13.4. The minimum absolute atomic E-state index is 0.0585. The molecule has 0 fully saturated rings. The number of benzene rings is 1. The highest BCUT2D eigenvalue weighted by Gasteiger charge is 2.91. The number of alkyl halides is 13. The van der Waals surface area contributed by atoms with Crippen molar-refractivity contribution in [3.63, 3.8) is 0 Å². The van der Waals surface area contributed by atoms with Gasteiger partial charge in [0.25, 0.3) is 0 Å². The second-order valence-corrected chi connectivity index (χ2v) is 6.67. The summed E-state index contributed by atoms with van der Waals surface area (Å²) in [4.78, 5) is -1.29. The predicted molar refractivity (Wildman–Crippen MR) is 66.2 cm³/mol. The summed E-state index contributed by atoms with van der Waals surface area (Å²) < 4.78 is 204. The third-order valence-corrected chi connectivity index (χ3v) is 4.09. The maximum atomic E-state index is 13.4. The molecule has 0 heterocycles. The van der Waals surface area contributed by atoms with E-state index >= 15 is 0 Å². The summed E-state index contributed by atoms with van der Waals surface area (Å²) in [6.45, 7) is 0. The van der Waals surface area contributed by atoms with Crippen LogP contribution in [0.4, 0.5) is 61.0 Å². The zero-order chi connectivity index (χ0) is 24.2. The molecule has 0 saturated carbocycles. The van der Waals surface area contributed by atoms with Crippen molar-refractivity contribution in [1.82, 2.24) is 0 Å². The number of hydrogen-bond donors (Lipinski definition) is 0. The van der Waals surface area contributed by atoms with Crippen LogP contribution in [0.15, 0.2) is 29.2 Å². The smallest absolute Gasteiger partial charge is 0.428 e. The van der Waals surface area contributed by atoms with Crippen molar-refractivity contribution in [3.8, 4) is 5.75 Å². The Kier molecular flexibility index (Phi) is 6.08. The summed E-state index contributed by atoms with van der Waals surface area (Å²) in [5.74, 6) is -33.4. The normalized spacial score (nSPS) is 15.3. The molecule has 30 heavy (non-hydrogen) atoms. The Labute approximate surface area is 156 Å². The van der Waals surface area contributed by atoms with Crippen molar-refractivity contribution < 1.29 is 74.1 Å². The SMILES string of the molecule is O=S(=O)(F)c1ccc(OC(F)(F)C(F)(F)C(F)(F)C(F)(F)C(F)(F)C(F)(F)F)cc1. The number of hydrogen-bond acceptors (Lipinski definition) is 3. The number of rotatable bonds is 7. The van der Waals surface area contributed by atoms with Gasteiger partial charge in [0.15, 0.2) is 0 Å². The monoisotopic (exact) mass is 494 g/mol. The Hall–Kier alpha value is -2.01. The molecule has 3 nitrogen and oxygen atoms in total. The first-order valence-corrected chi connectivity index (χ1v) is 8.01. The van der Waals surface area contributed by atoms with Gasteiger partial charge in [-0.25, -0.2) is 0 Å². The highest BCUT2D eigenvalue weighted by Crippen LogP contribution is 2.60. The molecular weight excluding hydrogens is 490 g/mol. The van der Waals surface area contributed by atoms with Gasteiger partial charge in [0.05, 0.1) is 4.90 Å². The Morgan fingerprint density at radius 3 is 1.30 bits per heavy atom. The summed E-state index contributed by atoms with van der Waals surface area (Å²) >= 11 is 0. The molecule has 0 aromatic heterocycles. The molecule has 0 aliphatic rings. The molecule has 0 N–H and O–H groups in total. The lowest BCUT2D eigenvalue weighted by Gasteiger charge is -2.39. The van der Waals surface area contributed by atoms with Gasteiger partial charge in [-0.2, -0.15) is 65.5 Å². The molecule has 0 spiro atoms. The molecular formula is C12H4F14O3S. The largest absolute Gasteiger partial charge is 0.471 e. The molecule has 0 radical (unpaired) electrons.